The molecule has 0 radical (unpaired) electrons. The maximum atomic E-state index is 11.7. The fourth-order valence-electron chi connectivity index (χ4n) is 2.07. The molecule has 5 heteroatoms. The summed E-state index contributed by atoms with van der Waals surface area (Å²) in [6.07, 6.45) is 0. The van der Waals surface area contributed by atoms with Gasteiger partial charge in [0, 0.05) is 10.9 Å². The predicted octanol–water partition coefficient (Wildman–Crippen LogP) is 1.13. The molecule has 0 spiro atoms. The van der Waals surface area contributed by atoms with Crippen molar-refractivity contribution in [3.05, 3.63) is 35.4 Å². The standard InChI is InChI=1S/C12H7NO4/c14-7-4-5-2-1-3-6-8(5)9(10(7)15)12(17)13-11(6)16/h1-4,14-15H,(H,13,16,17). The van der Waals surface area contributed by atoms with E-state index in [1.165, 1.54) is 6.07 Å². The van der Waals surface area contributed by atoms with Crippen molar-refractivity contribution in [1.29, 1.82) is 0 Å². The first kappa shape index (κ1) is 9.65. The molecule has 84 valence electrons. The minimum Gasteiger partial charge on any atom is -0.504 e. The zero-order valence-corrected chi connectivity index (χ0v) is 8.52. The highest BCUT2D eigenvalue weighted by atomic mass is 16.3. The summed E-state index contributed by atoms with van der Waals surface area (Å²) in [4.78, 5) is 23.3. The van der Waals surface area contributed by atoms with Crippen molar-refractivity contribution in [2.24, 2.45) is 0 Å². The van der Waals surface area contributed by atoms with Crippen molar-refractivity contribution in [2.45, 2.75) is 0 Å². The first-order valence-electron chi connectivity index (χ1n) is 4.93. The number of imide groups is 1. The highest BCUT2D eigenvalue weighted by Gasteiger charge is 2.28. The minimum absolute atomic E-state index is 0.0600. The topological polar surface area (TPSA) is 86.6 Å². The molecule has 17 heavy (non-hydrogen) atoms. The zero-order valence-electron chi connectivity index (χ0n) is 8.52. The largest absolute Gasteiger partial charge is 0.504 e. The summed E-state index contributed by atoms with van der Waals surface area (Å²) >= 11 is 0. The van der Waals surface area contributed by atoms with Gasteiger partial charge < -0.3 is 10.2 Å². The lowest BCUT2D eigenvalue weighted by molar-refractivity contribution is 0.0843. The molecule has 0 unspecified atom stereocenters. The van der Waals surface area contributed by atoms with Crippen LogP contribution in [0.3, 0.4) is 0 Å². The van der Waals surface area contributed by atoms with Gasteiger partial charge in [-0.1, -0.05) is 12.1 Å². The number of hydrogen-bond donors (Lipinski definition) is 3. The Morgan fingerprint density at radius 1 is 1.06 bits per heavy atom. The average Bonchev–Trinajstić information content (AvgIpc) is 2.28. The van der Waals surface area contributed by atoms with Crippen molar-refractivity contribution in [2.75, 3.05) is 0 Å². The second-order valence-corrected chi connectivity index (χ2v) is 3.81. The van der Waals surface area contributed by atoms with Crippen LogP contribution in [0, 0.1) is 0 Å². The van der Waals surface area contributed by atoms with Crippen LogP contribution in [0.1, 0.15) is 20.7 Å². The van der Waals surface area contributed by atoms with Gasteiger partial charge in [-0.05, 0) is 17.5 Å². The van der Waals surface area contributed by atoms with Crippen molar-refractivity contribution < 1.29 is 19.8 Å². The van der Waals surface area contributed by atoms with Crippen molar-refractivity contribution in [1.82, 2.24) is 5.32 Å². The Morgan fingerprint density at radius 3 is 2.59 bits per heavy atom. The molecule has 1 aliphatic heterocycles. The number of rotatable bonds is 0. The van der Waals surface area contributed by atoms with Gasteiger partial charge in [-0.15, -0.1) is 0 Å². The third kappa shape index (κ3) is 1.13. The van der Waals surface area contributed by atoms with Crippen LogP contribution >= 0.6 is 0 Å². The SMILES string of the molecule is O=C1NC(=O)c2c(O)c(O)cc3cccc1c23. The van der Waals surface area contributed by atoms with Crippen LogP contribution in [-0.4, -0.2) is 22.0 Å². The molecule has 2 amide bonds. The van der Waals surface area contributed by atoms with E-state index in [9.17, 15) is 19.8 Å². The second kappa shape index (κ2) is 2.98. The van der Waals surface area contributed by atoms with Gasteiger partial charge in [0.1, 0.15) is 0 Å². The number of nitrogens with one attached hydrogen (secondary N) is 1. The number of carbonyl (C=O) groups is 2. The smallest absolute Gasteiger partial charge is 0.262 e. The summed E-state index contributed by atoms with van der Waals surface area (Å²) in [5.74, 6) is -2.09. The van der Waals surface area contributed by atoms with Gasteiger partial charge in [-0.2, -0.15) is 0 Å². The third-order valence-corrected chi connectivity index (χ3v) is 2.82. The highest BCUT2D eigenvalue weighted by molar-refractivity contribution is 6.27. The van der Waals surface area contributed by atoms with E-state index in [0.717, 1.165) is 0 Å². The number of benzene rings is 2. The first-order chi connectivity index (χ1) is 8.09. The van der Waals surface area contributed by atoms with E-state index in [1.54, 1.807) is 18.2 Å². The fourth-order valence-corrected chi connectivity index (χ4v) is 2.07. The molecule has 2 aromatic rings. The van der Waals surface area contributed by atoms with Gasteiger partial charge in [-0.3, -0.25) is 14.9 Å². The summed E-state index contributed by atoms with van der Waals surface area (Å²) < 4.78 is 0. The molecule has 3 rings (SSSR count). The van der Waals surface area contributed by atoms with E-state index >= 15 is 0 Å². The van der Waals surface area contributed by atoms with Gasteiger partial charge in [-0.25, -0.2) is 0 Å². The van der Waals surface area contributed by atoms with Crippen LogP contribution in [0.5, 0.6) is 11.5 Å². The summed E-state index contributed by atoms with van der Waals surface area (Å²) in [6.45, 7) is 0. The molecule has 2 aromatic carbocycles. The van der Waals surface area contributed by atoms with Crippen molar-refractivity contribution >= 4 is 22.6 Å². The van der Waals surface area contributed by atoms with Gasteiger partial charge in [0.15, 0.2) is 11.5 Å². The molecule has 0 atom stereocenters. The van der Waals surface area contributed by atoms with E-state index in [4.69, 9.17) is 0 Å². The van der Waals surface area contributed by atoms with Gasteiger partial charge >= 0.3 is 0 Å². The number of hydrogen-bond acceptors (Lipinski definition) is 4. The fraction of sp³-hybridized carbons (Fsp3) is 0. The molecule has 5 nitrogen and oxygen atoms in total. The second-order valence-electron chi connectivity index (χ2n) is 3.81. The Morgan fingerprint density at radius 2 is 1.82 bits per heavy atom. The summed E-state index contributed by atoms with van der Waals surface area (Å²) in [5, 5.41) is 22.2. The molecule has 0 aromatic heterocycles. The van der Waals surface area contributed by atoms with Gasteiger partial charge in [0.05, 0.1) is 5.56 Å². The lowest BCUT2D eigenvalue weighted by Gasteiger charge is -2.17. The molecule has 3 N–H and O–H groups in total. The zero-order chi connectivity index (χ0) is 12.2. The van der Waals surface area contributed by atoms with Crippen LogP contribution in [0.4, 0.5) is 0 Å². The van der Waals surface area contributed by atoms with E-state index in [-0.39, 0.29) is 11.3 Å². The normalized spacial score (nSPS) is 13.9. The summed E-state index contributed by atoms with van der Waals surface area (Å²) in [5.41, 5.74) is 0.252. The lowest BCUT2D eigenvalue weighted by atomic mass is 9.94. The lowest BCUT2D eigenvalue weighted by Crippen LogP contribution is -2.34. The molecule has 0 saturated carbocycles. The van der Waals surface area contributed by atoms with Crippen LogP contribution in [0.2, 0.25) is 0 Å². The number of phenolic OH excluding ortho intramolecular Hbond substituents is 2. The Labute approximate surface area is 95.3 Å². The van der Waals surface area contributed by atoms with E-state index in [2.05, 4.69) is 5.32 Å². The molecule has 1 heterocycles. The minimum atomic E-state index is -0.702. The predicted molar refractivity (Wildman–Crippen MR) is 59.1 cm³/mol. The molecular formula is C12H7NO4. The van der Waals surface area contributed by atoms with Crippen LogP contribution in [0.15, 0.2) is 24.3 Å². The van der Waals surface area contributed by atoms with Crippen LogP contribution < -0.4 is 5.32 Å². The first-order valence-corrected chi connectivity index (χ1v) is 4.93. The average molecular weight is 229 g/mol. The Balaban J connectivity index is 2.60. The van der Waals surface area contributed by atoms with E-state index in [0.29, 0.717) is 16.3 Å². The maximum Gasteiger partial charge on any atom is 0.262 e. The van der Waals surface area contributed by atoms with Gasteiger partial charge in [0.2, 0.25) is 0 Å². The van der Waals surface area contributed by atoms with Crippen LogP contribution in [0.25, 0.3) is 10.8 Å². The molecule has 0 saturated heterocycles. The molecule has 0 bridgehead atoms. The van der Waals surface area contributed by atoms with Gasteiger partial charge in [0.25, 0.3) is 11.8 Å². The Bertz CT molecular complexity index is 690. The monoisotopic (exact) mass is 229 g/mol. The summed E-state index contributed by atoms with van der Waals surface area (Å²) in [7, 11) is 0. The highest BCUT2D eigenvalue weighted by Crippen LogP contribution is 2.38. The number of aromatic hydroxyl groups is 2. The quantitative estimate of drug-likeness (QED) is 0.467. The third-order valence-electron chi connectivity index (χ3n) is 2.82. The summed E-state index contributed by atoms with van der Waals surface area (Å²) in [6, 6.07) is 6.19. The number of amides is 2. The van der Waals surface area contributed by atoms with Crippen molar-refractivity contribution in [3.8, 4) is 11.5 Å². The van der Waals surface area contributed by atoms with Crippen molar-refractivity contribution in [3.63, 3.8) is 0 Å². The van der Waals surface area contributed by atoms with E-state index in [1.807, 2.05) is 0 Å². The van der Waals surface area contributed by atoms with E-state index < -0.39 is 17.6 Å². The van der Waals surface area contributed by atoms with Crippen LogP contribution in [-0.2, 0) is 0 Å². The number of phenols is 2. The maximum absolute atomic E-state index is 11.7. The molecule has 0 aliphatic carbocycles. The Kier molecular flexibility index (Phi) is 1.69. The molecule has 1 aliphatic rings. The molecular weight excluding hydrogens is 222 g/mol. The number of carbonyl (C=O) groups excluding carboxylic acids is 2. The molecule has 0 fully saturated rings. The Hall–Kier alpha value is -2.56.